The Kier molecular flexibility index (Phi) is 9.53. The van der Waals surface area contributed by atoms with Crippen LogP contribution in [0.4, 0.5) is 0 Å². The molecule has 0 unspecified atom stereocenters. The lowest BCUT2D eigenvalue weighted by Gasteiger charge is -2.37. The molecule has 2 heterocycles. The van der Waals surface area contributed by atoms with E-state index in [0.717, 1.165) is 33.3 Å². The van der Waals surface area contributed by atoms with Crippen LogP contribution in [0.25, 0.3) is 10.9 Å². The molecule has 2 amide bonds. The molecule has 236 valence electrons. The van der Waals surface area contributed by atoms with Gasteiger partial charge in [0.05, 0.1) is 12.0 Å². The number of para-hydroxylation sites is 1. The van der Waals surface area contributed by atoms with E-state index in [1.54, 1.807) is 6.07 Å². The Balaban J connectivity index is 1.05. The Hall–Kier alpha value is -5.96. The minimum atomic E-state index is -0.614. The van der Waals surface area contributed by atoms with Crippen molar-refractivity contribution in [2.75, 3.05) is 13.1 Å². The van der Waals surface area contributed by atoms with Gasteiger partial charge in [0.1, 0.15) is 11.2 Å². The third-order valence-electron chi connectivity index (χ3n) is 8.15. The number of guanidine groups is 1. The molecule has 4 aromatic carbocycles. The van der Waals surface area contributed by atoms with Crippen molar-refractivity contribution in [1.82, 2.24) is 25.2 Å². The van der Waals surface area contributed by atoms with E-state index in [2.05, 4.69) is 104 Å². The summed E-state index contributed by atoms with van der Waals surface area (Å²) in [6.07, 6.45) is 5.46. The van der Waals surface area contributed by atoms with Crippen LogP contribution in [0.5, 0.6) is 0 Å². The topological polar surface area (TPSA) is 130 Å². The standard InChI is InChI=1S/C38H37N7O2/c39-37(44-35(46)22-24-40-36(47)34-25-28-13-10-11-21-33(28)43-34)41-23-12-20-32-26-45(27-42-32)38(29-14-4-1-5-15-29,30-16-6-2-7-17-30)31-18-8-3-9-19-31/h1-11,13-19,21,25-27,43H,12,20,22-24H2,(H,40,47)(H3,39,41,44,46). The number of hydrogen-bond acceptors (Lipinski definition) is 4. The zero-order valence-corrected chi connectivity index (χ0v) is 26.0. The summed E-state index contributed by atoms with van der Waals surface area (Å²) in [7, 11) is 0. The molecular formula is C38H37N7O2. The maximum Gasteiger partial charge on any atom is 0.267 e. The van der Waals surface area contributed by atoms with E-state index < -0.39 is 5.54 Å². The molecule has 0 fully saturated rings. The summed E-state index contributed by atoms with van der Waals surface area (Å²) in [4.78, 5) is 37.0. The lowest BCUT2D eigenvalue weighted by molar-refractivity contribution is -0.119. The first-order valence-electron chi connectivity index (χ1n) is 15.7. The normalized spacial score (nSPS) is 11.8. The average Bonchev–Trinajstić information content (AvgIpc) is 3.77. The molecule has 5 N–H and O–H groups in total. The van der Waals surface area contributed by atoms with Gasteiger partial charge in [0, 0.05) is 36.6 Å². The average molecular weight is 624 g/mol. The Morgan fingerprint density at radius 1 is 0.830 bits per heavy atom. The zero-order chi connectivity index (χ0) is 32.5. The molecule has 0 aliphatic rings. The molecule has 6 rings (SSSR count). The maximum absolute atomic E-state index is 12.5. The number of nitrogens with one attached hydrogen (secondary N) is 3. The van der Waals surface area contributed by atoms with Gasteiger partial charge >= 0.3 is 0 Å². The van der Waals surface area contributed by atoms with Crippen molar-refractivity contribution in [1.29, 1.82) is 0 Å². The van der Waals surface area contributed by atoms with Crippen LogP contribution in [0, 0.1) is 0 Å². The SMILES string of the molecule is NC(=NCCCc1cn(C(c2ccccc2)(c2ccccc2)c2ccccc2)cn1)NC(=O)CCNC(=O)c1cc2ccccc2[nH]1. The molecule has 9 nitrogen and oxygen atoms in total. The van der Waals surface area contributed by atoms with Crippen LogP contribution in [-0.4, -0.2) is 45.4 Å². The number of hydrogen-bond donors (Lipinski definition) is 4. The lowest BCUT2D eigenvalue weighted by atomic mass is 9.77. The second-order valence-electron chi connectivity index (χ2n) is 11.3. The van der Waals surface area contributed by atoms with Crippen LogP contribution in [0.15, 0.2) is 139 Å². The van der Waals surface area contributed by atoms with E-state index in [1.807, 2.05) is 48.8 Å². The van der Waals surface area contributed by atoms with Gasteiger partial charge in [-0.1, -0.05) is 109 Å². The number of aliphatic imine (C=N–C) groups is 1. The van der Waals surface area contributed by atoms with Gasteiger partial charge in [0.25, 0.3) is 5.91 Å². The summed E-state index contributed by atoms with van der Waals surface area (Å²) in [5.74, 6) is -0.536. The number of nitrogens with zero attached hydrogens (tertiary/aromatic N) is 3. The number of aryl methyl sites for hydroxylation is 1. The van der Waals surface area contributed by atoms with Gasteiger partial charge in [0.2, 0.25) is 5.91 Å². The number of nitrogens with two attached hydrogens (primary N) is 1. The van der Waals surface area contributed by atoms with E-state index in [4.69, 9.17) is 10.7 Å². The molecule has 2 aromatic heterocycles. The fraction of sp³-hybridized carbons (Fsp3) is 0.158. The number of benzene rings is 4. The first-order chi connectivity index (χ1) is 23.0. The maximum atomic E-state index is 12.5. The Morgan fingerprint density at radius 3 is 2.04 bits per heavy atom. The number of fused-ring (bicyclic) bond motifs is 1. The number of imidazole rings is 1. The molecule has 0 saturated carbocycles. The van der Waals surface area contributed by atoms with Crippen LogP contribution < -0.4 is 16.4 Å². The largest absolute Gasteiger partial charge is 0.370 e. The molecule has 0 aliphatic carbocycles. The van der Waals surface area contributed by atoms with Crippen molar-refractivity contribution in [3.05, 3.63) is 162 Å². The smallest absolute Gasteiger partial charge is 0.267 e. The quantitative estimate of drug-likeness (QED) is 0.0631. The Bertz CT molecular complexity index is 1840. The molecule has 0 saturated heterocycles. The molecule has 9 heteroatoms. The van der Waals surface area contributed by atoms with Gasteiger partial charge in [-0.15, -0.1) is 0 Å². The van der Waals surface area contributed by atoms with Gasteiger partial charge in [-0.05, 0) is 41.7 Å². The summed E-state index contributed by atoms with van der Waals surface area (Å²) in [6, 6.07) is 40.9. The molecule has 0 atom stereocenters. The third-order valence-corrected chi connectivity index (χ3v) is 8.15. The highest BCUT2D eigenvalue weighted by Crippen LogP contribution is 2.40. The molecular weight excluding hydrogens is 586 g/mol. The third kappa shape index (κ3) is 6.99. The highest BCUT2D eigenvalue weighted by atomic mass is 16.2. The Morgan fingerprint density at radius 2 is 1.43 bits per heavy atom. The first kappa shape index (κ1) is 31.0. The zero-order valence-electron chi connectivity index (χ0n) is 26.0. The fourth-order valence-corrected chi connectivity index (χ4v) is 5.95. The van der Waals surface area contributed by atoms with E-state index >= 15 is 0 Å². The predicted octanol–water partition coefficient (Wildman–Crippen LogP) is 5.39. The van der Waals surface area contributed by atoms with Crippen LogP contribution >= 0.6 is 0 Å². The van der Waals surface area contributed by atoms with E-state index in [1.165, 1.54) is 0 Å². The minimum Gasteiger partial charge on any atom is -0.370 e. The minimum absolute atomic E-state index is 0.0544. The van der Waals surface area contributed by atoms with Gasteiger partial charge < -0.3 is 20.6 Å². The summed E-state index contributed by atoms with van der Waals surface area (Å²) in [5, 5.41) is 6.31. The number of aromatic nitrogens is 3. The van der Waals surface area contributed by atoms with Crippen LogP contribution in [0.1, 0.15) is 45.7 Å². The summed E-state index contributed by atoms with van der Waals surface area (Å²) < 4.78 is 2.19. The second-order valence-corrected chi connectivity index (χ2v) is 11.3. The van der Waals surface area contributed by atoms with Crippen molar-refractivity contribution >= 4 is 28.7 Å². The van der Waals surface area contributed by atoms with E-state index in [0.29, 0.717) is 25.1 Å². The fourth-order valence-electron chi connectivity index (χ4n) is 5.95. The highest BCUT2D eigenvalue weighted by molar-refractivity contribution is 5.99. The molecule has 0 radical (unpaired) electrons. The molecule has 0 bridgehead atoms. The lowest BCUT2D eigenvalue weighted by Crippen LogP contribution is -2.38. The van der Waals surface area contributed by atoms with Crippen molar-refractivity contribution in [3.8, 4) is 0 Å². The van der Waals surface area contributed by atoms with E-state index in [-0.39, 0.29) is 30.7 Å². The summed E-state index contributed by atoms with van der Waals surface area (Å²) in [6.45, 7) is 0.601. The van der Waals surface area contributed by atoms with Gasteiger partial charge in [-0.25, -0.2) is 4.98 Å². The van der Waals surface area contributed by atoms with Gasteiger partial charge in [0.15, 0.2) is 5.96 Å². The summed E-state index contributed by atoms with van der Waals surface area (Å²) >= 11 is 0. The first-order valence-corrected chi connectivity index (χ1v) is 15.7. The number of carbonyl (C=O) groups is 2. The van der Waals surface area contributed by atoms with Crippen molar-refractivity contribution in [2.45, 2.75) is 24.8 Å². The van der Waals surface area contributed by atoms with Crippen molar-refractivity contribution in [2.24, 2.45) is 10.7 Å². The monoisotopic (exact) mass is 623 g/mol. The number of H-pyrrole nitrogens is 1. The van der Waals surface area contributed by atoms with Crippen LogP contribution in [0.2, 0.25) is 0 Å². The number of amides is 2. The van der Waals surface area contributed by atoms with Crippen LogP contribution in [0.3, 0.4) is 0 Å². The van der Waals surface area contributed by atoms with E-state index in [9.17, 15) is 9.59 Å². The molecule has 6 aromatic rings. The Labute approximate surface area is 273 Å². The molecule has 47 heavy (non-hydrogen) atoms. The van der Waals surface area contributed by atoms with Crippen molar-refractivity contribution in [3.63, 3.8) is 0 Å². The second kappa shape index (κ2) is 14.4. The van der Waals surface area contributed by atoms with Crippen molar-refractivity contribution < 1.29 is 9.59 Å². The molecule has 0 spiro atoms. The van der Waals surface area contributed by atoms with Gasteiger partial charge in [-0.2, -0.15) is 0 Å². The summed E-state index contributed by atoms with van der Waals surface area (Å²) in [5.41, 5.74) is 11.0. The number of rotatable bonds is 12. The highest BCUT2D eigenvalue weighted by Gasteiger charge is 2.38. The van der Waals surface area contributed by atoms with Crippen LogP contribution in [-0.2, 0) is 16.8 Å². The number of aromatic amines is 1. The van der Waals surface area contributed by atoms with Gasteiger partial charge in [-0.3, -0.25) is 19.9 Å². The number of carbonyl (C=O) groups excluding carboxylic acids is 2. The molecule has 0 aliphatic heterocycles. The predicted molar refractivity (Wildman–Crippen MR) is 185 cm³/mol.